The molecule has 1 aliphatic heterocycles. The van der Waals surface area contributed by atoms with Crippen molar-refractivity contribution >= 4 is 29.2 Å². The number of amides is 3. The van der Waals surface area contributed by atoms with Crippen molar-refractivity contribution in [2.24, 2.45) is 5.92 Å². The molecular weight excluding hydrogens is 326 g/mol. The highest BCUT2D eigenvalue weighted by Gasteiger charge is 2.30. The maximum atomic E-state index is 12.5. The fourth-order valence-electron chi connectivity index (χ4n) is 3.14. The lowest BCUT2D eigenvalue weighted by molar-refractivity contribution is -0.121. The quantitative estimate of drug-likeness (QED) is 0.877. The summed E-state index contributed by atoms with van der Waals surface area (Å²) in [7, 11) is 0. The van der Waals surface area contributed by atoms with Crippen LogP contribution >= 0.6 is 11.6 Å². The largest absolute Gasteiger partial charge is 0.335 e. The predicted octanol–water partition coefficient (Wildman–Crippen LogP) is 3.48. The molecule has 0 bridgehead atoms. The van der Waals surface area contributed by atoms with E-state index in [9.17, 15) is 9.59 Å². The summed E-state index contributed by atoms with van der Waals surface area (Å²) in [5, 5.41) is 6.54. The Bertz CT molecular complexity index is 627. The number of halogens is 1. The zero-order valence-corrected chi connectivity index (χ0v) is 14.9. The average molecular weight is 350 g/mol. The summed E-state index contributed by atoms with van der Waals surface area (Å²) < 4.78 is 0. The number of piperidine rings is 1. The van der Waals surface area contributed by atoms with E-state index < -0.39 is 0 Å². The van der Waals surface area contributed by atoms with Gasteiger partial charge in [0.25, 0.3) is 0 Å². The molecule has 1 aromatic rings. The Balaban J connectivity index is 1.54. The smallest absolute Gasteiger partial charge is 0.317 e. The van der Waals surface area contributed by atoms with Crippen LogP contribution in [-0.4, -0.2) is 36.0 Å². The van der Waals surface area contributed by atoms with Gasteiger partial charge in [0.15, 0.2) is 0 Å². The summed E-state index contributed by atoms with van der Waals surface area (Å²) in [6.45, 7) is 5.17. The molecular formula is C18H24ClN3O2. The second kappa shape index (κ2) is 7.01. The Labute approximate surface area is 147 Å². The van der Waals surface area contributed by atoms with Crippen molar-refractivity contribution < 1.29 is 9.59 Å². The number of carbonyl (C=O) groups excluding carboxylic acids is 2. The maximum absolute atomic E-state index is 12.5. The zero-order chi connectivity index (χ0) is 17.3. The first-order valence-corrected chi connectivity index (χ1v) is 8.95. The number of likely N-dealkylation sites (tertiary alicyclic amines) is 1. The van der Waals surface area contributed by atoms with Gasteiger partial charge in [0.1, 0.15) is 0 Å². The second-order valence-corrected chi connectivity index (χ2v) is 7.32. The van der Waals surface area contributed by atoms with Gasteiger partial charge in [0.2, 0.25) is 5.91 Å². The molecule has 0 radical (unpaired) electrons. The van der Waals surface area contributed by atoms with Crippen molar-refractivity contribution in [3.05, 3.63) is 28.3 Å². The molecule has 0 aromatic heterocycles. The van der Waals surface area contributed by atoms with Crippen molar-refractivity contribution in [1.29, 1.82) is 0 Å². The van der Waals surface area contributed by atoms with Crippen LogP contribution in [0.5, 0.6) is 0 Å². The Morgan fingerprint density at radius 1 is 1.12 bits per heavy atom. The molecule has 0 spiro atoms. The molecule has 130 valence electrons. The Hall–Kier alpha value is -1.75. The van der Waals surface area contributed by atoms with Gasteiger partial charge in [-0.05, 0) is 56.7 Å². The molecule has 3 amide bonds. The summed E-state index contributed by atoms with van der Waals surface area (Å²) in [6, 6.07) is 4.24. The Kier molecular flexibility index (Phi) is 4.99. The minimum atomic E-state index is -0.0771. The number of urea groups is 1. The Morgan fingerprint density at radius 2 is 1.79 bits per heavy atom. The van der Waals surface area contributed by atoms with E-state index in [-0.39, 0.29) is 17.9 Å². The molecule has 24 heavy (non-hydrogen) atoms. The standard InChI is InChI=1S/C18H24ClN3O2/c1-11-9-12(2)16(15(19)10-11)21-17(23)13-5-7-22(8-6-13)18(24)20-14-3-4-14/h9-10,13-14H,3-8H2,1-2H3,(H,20,24)(H,21,23). The summed E-state index contributed by atoms with van der Waals surface area (Å²) in [4.78, 5) is 26.4. The topological polar surface area (TPSA) is 61.4 Å². The zero-order valence-electron chi connectivity index (χ0n) is 14.2. The number of benzene rings is 1. The molecule has 1 aliphatic carbocycles. The first-order chi connectivity index (χ1) is 11.4. The number of carbonyl (C=O) groups is 2. The molecule has 5 nitrogen and oxygen atoms in total. The van der Waals surface area contributed by atoms with Crippen molar-refractivity contribution in [3.8, 4) is 0 Å². The normalized spacial score (nSPS) is 18.4. The molecule has 2 fully saturated rings. The summed E-state index contributed by atoms with van der Waals surface area (Å²) >= 11 is 6.26. The molecule has 2 N–H and O–H groups in total. The molecule has 0 atom stereocenters. The van der Waals surface area contributed by atoms with Gasteiger partial charge in [-0.25, -0.2) is 4.79 Å². The van der Waals surface area contributed by atoms with Gasteiger partial charge >= 0.3 is 6.03 Å². The van der Waals surface area contributed by atoms with Gasteiger partial charge in [0.05, 0.1) is 10.7 Å². The first-order valence-electron chi connectivity index (χ1n) is 8.57. The lowest BCUT2D eigenvalue weighted by atomic mass is 9.95. The van der Waals surface area contributed by atoms with Gasteiger partial charge in [-0.1, -0.05) is 17.7 Å². The third-order valence-electron chi connectivity index (χ3n) is 4.74. The third kappa shape index (κ3) is 4.01. The van der Waals surface area contributed by atoms with Gasteiger partial charge in [-0.2, -0.15) is 0 Å². The fraction of sp³-hybridized carbons (Fsp3) is 0.556. The molecule has 3 rings (SSSR count). The first kappa shape index (κ1) is 17.1. The summed E-state index contributed by atoms with van der Waals surface area (Å²) in [5.74, 6) is -0.0853. The fourth-order valence-corrected chi connectivity index (χ4v) is 3.51. The molecule has 2 aliphatic rings. The third-order valence-corrected chi connectivity index (χ3v) is 5.04. The number of anilines is 1. The van der Waals surface area contributed by atoms with Crippen LogP contribution in [0, 0.1) is 19.8 Å². The van der Waals surface area contributed by atoms with E-state index in [1.54, 1.807) is 0 Å². The van der Waals surface area contributed by atoms with Crippen LogP contribution in [0.4, 0.5) is 10.5 Å². The summed E-state index contributed by atoms with van der Waals surface area (Å²) in [6.07, 6.45) is 3.54. The minimum absolute atomic E-state index is 0.00813. The number of hydrogen-bond donors (Lipinski definition) is 2. The minimum Gasteiger partial charge on any atom is -0.335 e. The highest BCUT2D eigenvalue weighted by atomic mass is 35.5. The molecule has 1 aromatic carbocycles. The number of aryl methyl sites for hydroxylation is 2. The highest BCUT2D eigenvalue weighted by molar-refractivity contribution is 6.34. The number of nitrogens with zero attached hydrogens (tertiary/aromatic N) is 1. The number of rotatable bonds is 3. The molecule has 1 saturated carbocycles. The highest BCUT2D eigenvalue weighted by Crippen LogP contribution is 2.29. The lowest BCUT2D eigenvalue weighted by Gasteiger charge is -2.31. The molecule has 1 saturated heterocycles. The lowest BCUT2D eigenvalue weighted by Crippen LogP contribution is -2.46. The van der Waals surface area contributed by atoms with Crippen molar-refractivity contribution in [2.45, 2.75) is 45.6 Å². The SMILES string of the molecule is Cc1cc(C)c(NC(=O)C2CCN(C(=O)NC3CC3)CC2)c(Cl)c1. The van der Waals surface area contributed by atoms with Crippen LogP contribution < -0.4 is 10.6 Å². The van der Waals surface area contributed by atoms with E-state index in [1.807, 2.05) is 30.9 Å². The van der Waals surface area contributed by atoms with E-state index >= 15 is 0 Å². The molecule has 6 heteroatoms. The van der Waals surface area contributed by atoms with Gasteiger partial charge < -0.3 is 15.5 Å². The van der Waals surface area contributed by atoms with E-state index in [1.165, 1.54) is 0 Å². The number of nitrogens with one attached hydrogen (secondary N) is 2. The van der Waals surface area contributed by atoms with Gasteiger partial charge in [0, 0.05) is 25.0 Å². The van der Waals surface area contributed by atoms with Crippen LogP contribution in [0.15, 0.2) is 12.1 Å². The van der Waals surface area contributed by atoms with Crippen LogP contribution in [0.3, 0.4) is 0 Å². The van der Waals surface area contributed by atoms with E-state index in [0.29, 0.717) is 42.7 Å². The van der Waals surface area contributed by atoms with Crippen LogP contribution in [-0.2, 0) is 4.79 Å². The van der Waals surface area contributed by atoms with Crippen LogP contribution in [0.1, 0.15) is 36.8 Å². The van der Waals surface area contributed by atoms with Crippen molar-refractivity contribution in [2.75, 3.05) is 18.4 Å². The summed E-state index contributed by atoms with van der Waals surface area (Å²) in [5.41, 5.74) is 2.74. The molecule has 0 unspecified atom stereocenters. The van der Waals surface area contributed by atoms with E-state index in [2.05, 4.69) is 10.6 Å². The monoisotopic (exact) mass is 349 g/mol. The maximum Gasteiger partial charge on any atom is 0.317 e. The molecule has 1 heterocycles. The second-order valence-electron chi connectivity index (χ2n) is 6.91. The number of hydrogen-bond acceptors (Lipinski definition) is 2. The average Bonchev–Trinajstić information content (AvgIpc) is 3.34. The van der Waals surface area contributed by atoms with E-state index in [4.69, 9.17) is 11.6 Å². The van der Waals surface area contributed by atoms with Crippen LogP contribution in [0.2, 0.25) is 5.02 Å². The van der Waals surface area contributed by atoms with Crippen LogP contribution in [0.25, 0.3) is 0 Å². The van der Waals surface area contributed by atoms with Gasteiger partial charge in [-0.15, -0.1) is 0 Å². The van der Waals surface area contributed by atoms with Crippen molar-refractivity contribution in [1.82, 2.24) is 10.2 Å². The van der Waals surface area contributed by atoms with Crippen molar-refractivity contribution in [3.63, 3.8) is 0 Å². The predicted molar refractivity (Wildman–Crippen MR) is 95.4 cm³/mol. The Morgan fingerprint density at radius 3 is 2.38 bits per heavy atom. The van der Waals surface area contributed by atoms with Gasteiger partial charge in [-0.3, -0.25) is 4.79 Å². The van der Waals surface area contributed by atoms with E-state index in [0.717, 1.165) is 24.0 Å².